The summed E-state index contributed by atoms with van der Waals surface area (Å²) in [6.45, 7) is 6.66. The third-order valence-corrected chi connectivity index (χ3v) is 1.05. The van der Waals surface area contributed by atoms with E-state index in [2.05, 4.69) is 6.58 Å². The number of carboxylic acid groups (broad SMARTS) is 1. The van der Waals surface area contributed by atoms with E-state index >= 15 is 0 Å². The zero-order valence-corrected chi connectivity index (χ0v) is 8.51. The van der Waals surface area contributed by atoms with E-state index in [1.807, 2.05) is 0 Å². The molecule has 3 N–H and O–H groups in total. The summed E-state index contributed by atoms with van der Waals surface area (Å²) in [5.41, 5.74) is 0. The number of aliphatic hydroxyl groups is 2. The molecule has 0 rings (SSSR count). The van der Waals surface area contributed by atoms with Crippen molar-refractivity contribution < 1.29 is 24.9 Å². The second kappa shape index (κ2) is 10.2. The first-order chi connectivity index (χ1) is 6.43. The summed E-state index contributed by atoms with van der Waals surface area (Å²) in [4.78, 5) is 9.25. The molecule has 14 heavy (non-hydrogen) atoms. The van der Waals surface area contributed by atoms with Gasteiger partial charge in [0.15, 0.2) is 0 Å². The molecule has 0 heterocycles. The maximum absolute atomic E-state index is 9.25. The third-order valence-electron chi connectivity index (χ3n) is 1.05. The van der Waals surface area contributed by atoms with Crippen molar-refractivity contribution in [2.75, 3.05) is 13.2 Å². The Balaban J connectivity index is 0. The zero-order valence-electron chi connectivity index (χ0n) is 8.51. The second-order valence-corrected chi connectivity index (χ2v) is 2.72. The molecule has 0 aliphatic carbocycles. The predicted molar refractivity (Wildman–Crippen MR) is 52.0 cm³/mol. The van der Waals surface area contributed by atoms with Gasteiger partial charge in [0.2, 0.25) is 0 Å². The van der Waals surface area contributed by atoms with Crippen LogP contribution < -0.4 is 0 Å². The fourth-order valence-corrected chi connectivity index (χ4v) is 0.356. The molecule has 2 atom stereocenters. The van der Waals surface area contributed by atoms with Gasteiger partial charge in [-0.2, -0.15) is 0 Å². The minimum Gasteiger partial charge on any atom is -0.478 e. The average molecular weight is 206 g/mol. The second-order valence-electron chi connectivity index (χ2n) is 2.72. The Kier molecular flexibility index (Phi) is 11.3. The van der Waals surface area contributed by atoms with Crippen LogP contribution in [-0.4, -0.2) is 46.7 Å². The molecule has 0 aromatic rings. The van der Waals surface area contributed by atoms with Gasteiger partial charge in [-0.3, -0.25) is 0 Å². The quantitative estimate of drug-likeness (QED) is 0.552. The highest BCUT2D eigenvalue weighted by molar-refractivity contribution is 5.78. The molecule has 5 heteroatoms. The molecule has 0 saturated heterocycles. The normalized spacial score (nSPS) is 13.4. The van der Waals surface area contributed by atoms with Gasteiger partial charge in [0.25, 0.3) is 0 Å². The average Bonchev–Trinajstić information content (AvgIpc) is 2.14. The Hall–Kier alpha value is -0.910. The molecular weight excluding hydrogens is 188 g/mol. The first-order valence-corrected chi connectivity index (χ1v) is 4.19. The first-order valence-electron chi connectivity index (χ1n) is 4.19. The number of ether oxygens (including phenoxy) is 1. The Labute approximate surface area is 83.6 Å². The molecule has 0 radical (unpaired) electrons. The van der Waals surface area contributed by atoms with Crippen LogP contribution in [0.5, 0.6) is 0 Å². The predicted octanol–water partition coefficient (Wildman–Crippen LogP) is 0.0216. The lowest BCUT2D eigenvalue weighted by atomic mass is 10.4. The smallest absolute Gasteiger partial charge is 0.327 e. The fraction of sp³-hybridized carbons (Fsp3) is 0.667. The zero-order chi connectivity index (χ0) is 11.6. The van der Waals surface area contributed by atoms with E-state index in [0.29, 0.717) is 6.61 Å². The van der Waals surface area contributed by atoms with E-state index in [1.54, 1.807) is 13.8 Å². The summed E-state index contributed by atoms with van der Waals surface area (Å²) in [6.07, 6.45) is 0.221. The summed E-state index contributed by atoms with van der Waals surface area (Å²) in [5, 5.41) is 24.7. The van der Waals surface area contributed by atoms with Crippen molar-refractivity contribution in [1.29, 1.82) is 0 Å². The highest BCUT2D eigenvalue weighted by Gasteiger charge is 2.00. The fourth-order valence-electron chi connectivity index (χ4n) is 0.356. The van der Waals surface area contributed by atoms with Crippen LogP contribution in [0, 0.1) is 0 Å². The molecule has 5 nitrogen and oxygen atoms in total. The molecule has 0 fully saturated rings. The Morgan fingerprint density at radius 1 is 1.57 bits per heavy atom. The third kappa shape index (κ3) is 17.3. The van der Waals surface area contributed by atoms with E-state index in [9.17, 15) is 4.79 Å². The maximum atomic E-state index is 9.25. The van der Waals surface area contributed by atoms with Gasteiger partial charge in [0.1, 0.15) is 0 Å². The summed E-state index contributed by atoms with van der Waals surface area (Å²) < 4.78 is 4.95. The Morgan fingerprint density at radius 3 is 2.21 bits per heavy atom. The lowest BCUT2D eigenvalue weighted by Crippen LogP contribution is -2.19. The number of rotatable bonds is 5. The van der Waals surface area contributed by atoms with Crippen LogP contribution >= 0.6 is 0 Å². The highest BCUT2D eigenvalue weighted by Crippen LogP contribution is 1.90. The van der Waals surface area contributed by atoms with Crippen LogP contribution in [0.1, 0.15) is 13.8 Å². The molecule has 0 saturated carbocycles. The van der Waals surface area contributed by atoms with Gasteiger partial charge in [-0.15, -0.1) is 0 Å². The van der Waals surface area contributed by atoms with Gasteiger partial charge >= 0.3 is 5.97 Å². The number of carbonyl (C=O) groups is 1. The van der Waals surface area contributed by atoms with Crippen molar-refractivity contribution in [2.24, 2.45) is 0 Å². The lowest BCUT2D eigenvalue weighted by molar-refractivity contribution is -0.131. The summed E-state index contributed by atoms with van der Waals surface area (Å²) >= 11 is 0. The van der Waals surface area contributed by atoms with Gasteiger partial charge in [0, 0.05) is 6.08 Å². The van der Waals surface area contributed by atoms with E-state index in [0.717, 1.165) is 6.08 Å². The summed E-state index contributed by atoms with van der Waals surface area (Å²) in [6, 6.07) is 0. The van der Waals surface area contributed by atoms with E-state index in [1.165, 1.54) is 0 Å². The number of aliphatic carboxylic acids is 1. The first kappa shape index (κ1) is 15.6. The Morgan fingerprint density at radius 2 is 2.00 bits per heavy atom. The number of carboxylic acids is 1. The molecule has 0 amide bonds. The van der Waals surface area contributed by atoms with Crippen molar-refractivity contribution in [1.82, 2.24) is 0 Å². The van der Waals surface area contributed by atoms with Gasteiger partial charge in [-0.25, -0.2) is 4.79 Å². The Bertz CT molecular complexity index is 155. The maximum Gasteiger partial charge on any atom is 0.327 e. The number of hydrogen-bond donors (Lipinski definition) is 3. The number of aliphatic hydroxyl groups excluding tert-OH is 2. The van der Waals surface area contributed by atoms with Crippen molar-refractivity contribution in [2.45, 2.75) is 26.1 Å². The molecule has 0 aliphatic rings. The minimum atomic E-state index is -0.981. The largest absolute Gasteiger partial charge is 0.478 e. The van der Waals surface area contributed by atoms with E-state index < -0.39 is 12.1 Å². The standard InChI is InChI=1S/C6H14O3.C3H4O2/c1-5(8)4-9-6(2)3-7;1-2-3(4)5/h5-8H,3-4H2,1-2H3;2H,1H2,(H,4,5). The van der Waals surface area contributed by atoms with Crippen molar-refractivity contribution in [3.8, 4) is 0 Å². The molecule has 84 valence electrons. The summed E-state index contributed by atoms with van der Waals surface area (Å²) in [5.74, 6) is -0.981. The molecule has 0 spiro atoms. The van der Waals surface area contributed by atoms with Gasteiger partial charge in [-0.1, -0.05) is 6.58 Å². The van der Waals surface area contributed by atoms with Crippen LogP contribution in [0.15, 0.2) is 12.7 Å². The molecule has 0 aromatic carbocycles. The van der Waals surface area contributed by atoms with Crippen LogP contribution in [0.4, 0.5) is 0 Å². The van der Waals surface area contributed by atoms with Gasteiger partial charge < -0.3 is 20.1 Å². The summed E-state index contributed by atoms with van der Waals surface area (Å²) in [7, 11) is 0. The van der Waals surface area contributed by atoms with Crippen LogP contribution in [0.3, 0.4) is 0 Å². The molecule has 2 unspecified atom stereocenters. The van der Waals surface area contributed by atoms with E-state index in [4.69, 9.17) is 20.1 Å². The van der Waals surface area contributed by atoms with Gasteiger partial charge in [0.05, 0.1) is 25.4 Å². The monoisotopic (exact) mass is 206 g/mol. The molecular formula is C9H18O5. The van der Waals surface area contributed by atoms with Crippen molar-refractivity contribution in [3.63, 3.8) is 0 Å². The topological polar surface area (TPSA) is 87.0 Å². The molecule has 0 bridgehead atoms. The SMILES string of the molecule is C=CC(=O)O.CC(O)COC(C)CO. The van der Waals surface area contributed by atoms with Crippen LogP contribution in [0.25, 0.3) is 0 Å². The molecule has 0 aliphatic heterocycles. The number of hydrogen-bond acceptors (Lipinski definition) is 4. The lowest BCUT2D eigenvalue weighted by Gasteiger charge is -2.10. The van der Waals surface area contributed by atoms with Crippen LogP contribution in [-0.2, 0) is 9.53 Å². The minimum absolute atomic E-state index is 0.00667. The van der Waals surface area contributed by atoms with E-state index in [-0.39, 0.29) is 12.7 Å². The highest BCUT2D eigenvalue weighted by atomic mass is 16.5. The van der Waals surface area contributed by atoms with Crippen LogP contribution in [0.2, 0.25) is 0 Å². The molecule has 0 aromatic heterocycles. The van der Waals surface area contributed by atoms with Gasteiger partial charge in [-0.05, 0) is 13.8 Å². The van der Waals surface area contributed by atoms with Crippen molar-refractivity contribution in [3.05, 3.63) is 12.7 Å². The van der Waals surface area contributed by atoms with Crippen molar-refractivity contribution >= 4 is 5.97 Å².